The number of hydrogen-bond acceptors (Lipinski definition) is 4. The normalized spacial score (nSPS) is 16.4. The zero-order valence-corrected chi connectivity index (χ0v) is 14.4. The molecule has 128 valence electrons. The van der Waals surface area contributed by atoms with Crippen LogP contribution in [-0.2, 0) is 13.0 Å². The van der Waals surface area contributed by atoms with Crippen molar-refractivity contribution >= 4 is 5.78 Å². The maximum atomic E-state index is 12.3. The first-order valence-electron chi connectivity index (χ1n) is 8.79. The van der Waals surface area contributed by atoms with E-state index in [4.69, 9.17) is 0 Å². The van der Waals surface area contributed by atoms with E-state index in [1.807, 2.05) is 36.5 Å². The summed E-state index contributed by atoms with van der Waals surface area (Å²) in [5.74, 6) is 1.37. The summed E-state index contributed by atoms with van der Waals surface area (Å²) >= 11 is 0. The van der Waals surface area contributed by atoms with Gasteiger partial charge in [-0.2, -0.15) is 0 Å². The van der Waals surface area contributed by atoms with Gasteiger partial charge in [-0.15, -0.1) is 0 Å². The average Bonchev–Trinajstić information content (AvgIpc) is 3.09. The summed E-state index contributed by atoms with van der Waals surface area (Å²) in [7, 11) is 0. The van der Waals surface area contributed by atoms with Gasteiger partial charge in [-0.25, -0.2) is 4.98 Å². The molecule has 1 aliphatic rings. The smallest absolute Gasteiger partial charge is 0.176 e. The summed E-state index contributed by atoms with van der Waals surface area (Å²) in [4.78, 5) is 21.4. The topological polar surface area (TPSA) is 41.4 Å². The van der Waals surface area contributed by atoms with E-state index >= 15 is 0 Å². The molecule has 0 atom stereocenters. The number of benzene rings is 1. The molecule has 0 amide bonds. The molecule has 5 nitrogen and oxygen atoms in total. The standard InChI is InChI=1S/C19H26N4O/c1-2-19-20-8-9-23(19)15-14-21-10-12-22(13-11-21)16-18(24)17-6-4-3-5-7-17/h3-9H,2,10-16H2,1H3. The number of ketones is 1. The Bertz CT molecular complexity index is 644. The highest BCUT2D eigenvalue weighted by Crippen LogP contribution is 2.07. The van der Waals surface area contributed by atoms with Gasteiger partial charge in [-0.3, -0.25) is 14.6 Å². The van der Waals surface area contributed by atoms with Crippen LogP contribution in [0.15, 0.2) is 42.7 Å². The highest BCUT2D eigenvalue weighted by Gasteiger charge is 2.19. The lowest BCUT2D eigenvalue weighted by molar-refractivity contribution is 0.0848. The van der Waals surface area contributed by atoms with Crippen LogP contribution >= 0.6 is 0 Å². The van der Waals surface area contributed by atoms with Crippen LogP contribution in [0.5, 0.6) is 0 Å². The third kappa shape index (κ3) is 4.30. The van der Waals surface area contributed by atoms with E-state index < -0.39 is 0 Å². The van der Waals surface area contributed by atoms with Crippen molar-refractivity contribution < 1.29 is 4.79 Å². The fraction of sp³-hybridized carbons (Fsp3) is 0.474. The van der Waals surface area contributed by atoms with Gasteiger partial charge < -0.3 is 4.57 Å². The molecule has 1 aliphatic heterocycles. The van der Waals surface area contributed by atoms with Gasteiger partial charge in [0, 0.05) is 63.6 Å². The first kappa shape index (κ1) is 16.9. The van der Waals surface area contributed by atoms with Crippen molar-refractivity contribution in [2.24, 2.45) is 0 Å². The molecule has 2 aromatic rings. The van der Waals surface area contributed by atoms with Gasteiger partial charge in [0.15, 0.2) is 5.78 Å². The van der Waals surface area contributed by atoms with Gasteiger partial charge in [0.05, 0.1) is 6.54 Å². The molecule has 0 aliphatic carbocycles. The predicted octanol–water partition coefficient (Wildman–Crippen LogP) is 1.95. The Hall–Kier alpha value is -1.98. The third-order valence-electron chi connectivity index (χ3n) is 4.70. The maximum absolute atomic E-state index is 12.3. The van der Waals surface area contributed by atoms with E-state index in [0.717, 1.165) is 57.1 Å². The molecule has 0 saturated carbocycles. The molecular formula is C19H26N4O. The third-order valence-corrected chi connectivity index (χ3v) is 4.70. The summed E-state index contributed by atoms with van der Waals surface area (Å²) in [6.45, 7) is 8.68. The van der Waals surface area contributed by atoms with E-state index in [1.54, 1.807) is 0 Å². The van der Waals surface area contributed by atoms with Crippen molar-refractivity contribution in [1.82, 2.24) is 19.4 Å². The number of rotatable bonds is 7. The molecule has 1 saturated heterocycles. The van der Waals surface area contributed by atoms with Crippen LogP contribution < -0.4 is 0 Å². The molecule has 0 N–H and O–H groups in total. The second-order valence-electron chi connectivity index (χ2n) is 6.30. The molecule has 1 aromatic heterocycles. The summed E-state index contributed by atoms with van der Waals surface area (Å²) in [5.41, 5.74) is 0.812. The Balaban J connectivity index is 1.42. The number of carbonyl (C=O) groups is 1. The predicted molar refractivity (Wildman–Crippen MR) is 95.3 cm³/mol. The monoisotopic (exact) mass is 326 g/mol. The van der Waals surface area contributed by atoms with E-state index in [9.17, 15) is 4.79 Å². The maximum Gasteiger partial charge on any atom is 0.176 e. The number of hydrogen-bond donors (Lipinski definition) is 0. The number of piperazine rings is 1. The van der Waals surface area contributed by atoms with Crippen molar-refractivity contribution in [2.75, 3.05) is 39.3 Å². The number of aromatic nitrogens is 2. The number of nitrogens with zero attached hydrogens (tertiary/aromatic N) is 4. The van der Waals surface area contributed by atoms with Crippen LogP contribution in [0.1, 0.15) is 23.1 Å². The molecule has 0 radical (unpaired) electrons. The quantitative estimate of drug-likeness (QED) is 0.729. The zero-order chi connectivity index (χ0) is 16.8. The molecule has 0 unspecified atom stereocenters. The lowest BCUT2D eigenvalue weighted by Gasteiger charge is -2.34. The van der Waals surface area contributed by atoms with E-state index in [0.29, 0.717) is 6.54 Å². The Kier molecular flexibility index (Phi) is 5.77. The van der Waals surface area contributed by atoms with Crippen molar-refractivity contribution in [3.05, 3.63) is 54.1 Å². The van der Waals surface area contributed by atoms with Crippen LogP contribution in [0.2, 0.25) is 0 Å². The molecule has 0 spiro atoms. The fourth-order valence-corrected chi connectivity index (χ4v) is 3.20. The average molecular weight is 326 g/mol. The van der Waals surface area contributed by atoms with Crippen molar-refractivity contribution in [3.8, 4) is 0 Å². The van der Waals surface area contributed by atoms with Gasteiger partial charge in [0.25, 0.3) is 0 Å². The molecule has 3 rings (SSSR count). The minimum absolute atomic E-state index is 0.218. The molecule has 5 heteroatoms. The molecule has 1 fully saturated rings. The lowest BCUT2D eigenvalue weighted by atomic mass is 10.1. The highest BCUT2D eigenvalue weighted by atomic mass is 16.1. The van der Waals surface area contributed by atoms with Crippen molar-refractivity contribution in [1.29, 1.82) is 0 Å². The van der Waals surface area contributed by atoms with Crippen LogP contribution in [0.25, 0.3) is 0 Å². The van der Waals surface area contributed by atoms with E-state index in [2.05, 4.69) is 32.5 Å². The highest BCUT2D eigenvalue weighted by molar-refractivity contribution is 5.97. The SMILES string of the molecule is CCc1nccn1CCN1CCN(CC(=O)c2ccccc2)CC1. The lowest BCUT2D eigenvalue weighted by Crippen LogP contribution is -2.48. The summed E-state index contributed by atoms with van der Waals surface area (Å²) in [5, 5.41) is 0. The second kappa shape index (κ2) is 8.22. The summed E-state index contributed by atoms with van der Waals surface area (Å²) in [6.07, 6.45) is 4.92. The second-order valence-corrected chi connectivity index (χ2v) is 6.30. The van der Waals surface area contributed by atoms with Gasteiger partial charge in [-0.1, -0.05) is 37.3 Å². The van der Waals surface area contributed by atoms with Crippen LogP contribution in [0, 0.1) is 0 Å². The first-order chi connectivity index (χ1) is 11.8. The van der Waals surface area contributed by atoms with Crippen molar-refractivity contribution in [2.45, 2.75) is 19.9 Å². The van der Waals surface area contributed by atoms with Gasteiger partial charge in [0.2, 0.25) is 0 Å². The summed E-state index contributed by atoms with van der Waals surface area (Å²) in [6, 6.07) is 9.58. The molecule has 1 aromatic carbocycles. The minimum atomic E-state index is 0.218. The van der Waals surface area contributed by atoms with Crippen LogP contribution in [-0.4, -0.2) is 64.4 Å². The largest absolute Gasteiger partial charge is 0.334 e. The number of aryl methyl sites for hydroxylation is 1. The van der Waals surface area contributed by atoms with Crippen LogP contribution in [0.4, 0.5) is 0 Å². The molecular weight excluding hydrogens is 300 g/mol. The first-order valence-corrected chi connectivity index (χ1v) is 8.79. The Morgan fingerprint density at radius 1 is 1.04 bits per heavy atom. The van der Waals surface area contributed by atoms with Gasteiger partial charge >= 0.3 is 0 Å². The Morgan fingerprint density at radius 2 is 1.75 bits per heavy atom. The fourth-order valence-electron chi connectivity index (χ4n) is 3.20. The van der Waals surface area contributed by atoms with Gasteiger partial charge in [0.1, 0.15) is 5.82 Å². The number of carbonyl (C=O) groups excluding carboxylic acids is 1. The Labute approximate surface area is 143 Å². The molecule has 2 heterocycles. The number of imidazole rings is 1. The van der Waals surface area contributed by atoms with E-state index in [1.165, 1.54) is 0 Å². The van der Waals surface area contributed by atoms with Crippen molar-refractivity contribution in [3.63, 3.8) is 0 Å². The Morgan fingerprint density at radius 3 is 2.46 bits per heavy atom. The zero-order valence-electron chi connectivity index (χ0n) is 14.4. The van der Waals surface area contributed by atoms with E-state index in [-0.39, 0.29) is 5.78 Å². The van der Waals surface area contributed by atoms with Crippen LogP contribution in [0.3, 0.4) is 0 Å². The molecule has 24 heavy (non-hydrogen) atoms. The summed E-state index contributed by atoms with van der Waals surface area (Å²) < 4.78 is 2.24. The number of Topliss-reactive ketones (excluding diaryl/α,β-unsaturated/α-hetero) is 1. The minimum Gasteiger partial charge on any atom is -0.334 e. The molecule has 0 bridgehead atoms. The van der Waals surface area contributed by atoms with Gasteiger partial charge in [-0.05, 0) is 0 Å².